The van der Waals surface area contributed by atoms with E-state index in [0.29, 0.717) is 43.4 Å². The van der Waals surface area contributed by atoms with Gasteiger partial charge in [0.15, 0.2) is 0 Å². The highest BCUT2D eigenvalue weighted by Gasteiger charge is 2.28. The van der Waals surface area contributed by atoms with Crippen LogP contribution in [0.3, 0.4) is 0 Å². The summed E-state index contributed by atoms with van der Waals surface area (Å²) in [6, 6.07) is 11.1. The highest BCUT2D eigenvalue weighted by atomic mass is 35.5. The number of para-hydroxylation sites is 2. The second kappa shape index (κ2) is 9.41. The molecule has 10 heteroatoms. The van der Waals surface area contributed by atoms with Crippen molar-refractivity contribution in [1.29, 1.82) is 0 Å². The first-order valence-corrected chi connectivity index (χ1v) is 10.1. The minimum Gasteiger partial charge on any atom is -0.366 e. The zero-order valence-corrected chi connectivity index (χ0v) is 16.8. The summed E-state index contributed by atoms with van der Waals surface area (Å²) in [5.74, 6) is -3.25. The molecule has 29 heavy (non-hydrogen) atoms. The summed E-state index contributed by atoms with van der Waals surface area (Å²) in [5, 5.41) is 14.1. The van der Waals surface area contributed by atoms with Gasteiger partial charge >= 0.3 is 0 Å². The zero-order valence-electron chi connectivity index (χ0n) is 15.2. The van der Waals surface area contributed by atoms with Crippen LogP contribution in [0.4, 0.5) is 25.8 Å². The summed E-state index contributed by atoms with van der Waals surface area (Å²) < 4.78 is 25.6. The molecule has 1 aliphatic rings. The summed E-state index contributed by atoms with van der Waals surface area (Å²) in [6.45, 7) is 0.967. The van der Waals surface area contributed by atoms with E-state index in [0.717, 1.165) is 0 Å². The number of nitro groups is 1. The van der Waals surface area contributed by atoms with Crippen molar-refractivity contribution in [2.24, 2.45) is 5.92 Å². The first-order chi connectivity index (χ1) is 13.9. The number of rotatable bonds is 6. The molecule has 2 aromatic carbocycles. The molecule has 1 saturated heterocycles. The van der Waals surface area contributed by atoms with Crippen molar-refractivity contribution in [3.63, 3.8) is 0 Å². The fourth-order valence-corrected chi connectivity index (χ4v) is 4.23. The van der Waals surface area contributed by atoms with Gasteiger partial charge in [0, 0.05) is 25.1 Å². The average Bonchev–Trinajstić information content (AvgIpc) is 2.70. The van der Waals surface area contributed by atoms with E-state index in [1.807, 2.05) is 4.90 Å². The van der Waals surface area contributed by atoms with Crippen molar-refractivity contribution in [3.8, 4) is 0 Å². The van der Waals surface area contributed by atoms with E-state index < -0.39 is 10.7 Å². The number of alkyl halides is 2. The third-order valence-electron chi connectivity index (χ3n) is 4.72. The fourth-order valence-electron chi connectivity index (χ4n) is 3.32. The predicted octanol–water partition coefficient (Wildman–Crippen LogP) is 5.42. The van der Waals surface area contributed by atoms with Crippen LogP contribution in [0.2, 0.25) is 5.02 Å². The lowest BCUT2D eigenvalue weighted by atomic mass is 9.95. The topological polar surface area (TPSA) is 75.5 Å². The molecule has 0 unspecified atom stereocenters. The van der Waals surface area contributed by atoms with Gasteiger partial charge in [-0.25, -0.2) is 0 Å². The van der Waals surface area contributed by atoms with Gasteiger partial charge in [0.1, 0.15) is 5.69 Å². The molecule has 0 aromatic heterocycles. The first kappa shape index (κ1) is 21.3. The van der Waals surface area contributed by atoms with Crippen LogP contribution in [-0.2, 0) is 4.79 Å². The number of nitro benzene ring substituents is 1. The minimum atomic E-state index is -2.66. The van der Waals surface area contributed by atoms with Crippen LogP contribution in [0.5, 0.6) is 0 Å². The first-order valence-electron chi connectivity index (χ1n) is 8.89. The molecule has 6 nitrogen and oxygen atoms in total. The summed E-state index contributed by atoms with van der Waals surface area (Å²) in [4.78, 5) is 25.5. The summed E-state index contributed by atoms with van der Waals surface area (Å²) in [6.07, 6.45) is 0.992. The number of amides is 1. The normalized spacial score (nSPS) is 14.8. The van der Waals surface area contributed by atoms with Gasteiger partial charge in [-0.15, -0.1) is 0 Å². The Balaban J connectivity index is 1.66. The molecule has 0 spiro atoms. The van der Waals surface area contributed by atoms with Crippen molar-refractivity contribution in [2.75, 3.05) is 23.3 Å². The molecule has 2 aromatic rings. The van der Waals surface area contributed by atoms with Crippen molar-refractivity contribution in [1.82, 2.24) is 0 Å². The van der Waals surface area contributed by atoms with E-state index in [4.69, 9.17) is 11.6 Å². The van der Waals surface area contributed by atoms with E-state index in [-0.39, 0.29) is 33.1 Å². The molecule has 1 fully saturated rings. The Hall–Kier alpha value is -2.39. The molecule has 1 aliphatic heterocycles. The molecule has 1 heterocycles. The molecule has 0 aliphatic carbocycles. The number of thioether (sulfide) groups is 1. The SMILES string of the molecule is O=C(Nc1cccc(Cl)c1SC(F)F)C1CCN(c2ccccc2[N+](=O)[O-])CC1. The van der Waals surface area contributed by atoms with Crippen LogP contribution in [-0.4, -0.2) is 29.7 Å². The lowest BCUT2D eigenvalue weighted by molar-refractivity contribution is -0.384. The number of hydrogen-bond acceptors (Lipinski definition) is 5. The third-order valence-corrected chi connectivity index (χ3v) is 6.00. The Morgan fingerprint density at radius 3 is 2.55 bits per heavy atom. The molecule has 1 N–H and O–H groups in total. The highest BCUT2D eigenvalue weighted by Crippen LogP contribution is 2.38. The lowest BCUT2D eigenvalue weighted by Crippen LogP contribution is -2.38. The maximum atomic E-state index is 12.8. The number of hydrogen-bond donors (Lipinski definition) is 1. The number of halogens is 3. The molecule has 154 valence electrons. The van der Waals surface area contributed by atoms with E-state index in [1.165, 1.54) is 18.2 Å². The molecule has 3 rings (SSSR count). The Labute approximate surface area is 175 Å². The maximum Gasteiger partial charge on any atom is 0.292 e. The fraction of sp³-hybridized carbons (Fsp3) is 0.316. The van der Waals surface area contributed by atoms with Gasteiger partial charge < -0.3 is 10.2 Å². The summed E-state index contributed by atoms with van der Waals surface area (Å²) in [7, 11) is 0. The van der Waals surface area contributed by atoms with Gasteiger partial charge in [0.05, 0.1) is 20.5 Å². The Morgan fingerprint density at radius 1 is 1.21 bits per heavy atom. The zero-order chi connectivity index (χ0) is 21.0. The second-order valence-electron chi connectivity index (χ2n) is 6.49. The predicted molar refractivity (Wildman–Crippen MR) is 110 cm³/mol. The van der Waals surface area contributed by atoms with Crippen LogP contribution >= 0.6 is 23.4 Å². The summed E-state index contributed by atoms with van der Waals surface area (Å²) in [5.41, 5.74) is 0.818. The number of benzene rings is 2. The van der Waals surface area contributed by atoms with Gasteiger partial charge in [-0.2, -0.15) is 8.78 Å². The lowest BCUT2D eigenvalue weighted by Gasteiger charge is -2.32. The number of carbonyl (C=O) groups is 1. The Kier molecular flexibility index (Phi) is 6.92. The number of piperidine rings is 1. The number of carbonyl (C=O) groups excluding carboxylic acids is 1. The van der Waals surface area contributed by atoms with E-state index in [1.54, 1.807) is 24.3 Å². The largest absolute Gasteiger partial charge is 0.366 e. The van der Waals surface area contributed by atoms with Crippen molar-refractivity contribution < 1.29 is 18.5 Å². The Bertz CT molecular complexity index is 908. The van der Waals surface area contributed by atoms with Crippen molar-refractivity contribution in [2.45, 2.75) is 23.5 Å². The van der Waals surface area contributed by atoms with Crippen LogP contribution in [0, 0.1) is 16.0 Å². The molecule has 0 atom stereocenters. The van der Waals surface area contributed by atoms with Crippen LogP contribution in [0.25, 0.3) is 0 Å². The molecule has 1 amide bonds. The number of nitrogens with one attached hydrogen (secondary N) is 1. The molecule has 0 radical (unpaired) electrons. The average molecular weight is 442 g/mol. The van der Waals surface area contributed by atoms with Crippen LogP contribution in [0.15, 0.2) is 47.4 Å². The maximum absolute atomic E-state index is 12.8. The van der Waals surface area contributed by atoms with E-state index in [9.17, 15) is 23.7 Å². The standard InChI is InChI=1S/C19H18ClF2N3O3S/c20-13-4-3-5-14(17(13)29-19(21)22)23-18(26)12-8-10-24(11-9-12)15-6-1-2-7-16(15)25(27)28/h1-7,12,19H,8-11H2,(H,23,26). The Morgan fingerprint density at radius 2 is 1.90 bits per heavy atom. The summed E-state index contributed by atoms with van der Waals surface area (Å²) >= 11 is 6.29. The van der Waals surface area contributed by atoms with Gasteiger partial charge in [-0.1, -0.05) is 41.6 Å². The van der Waals surface area contributed by atoms with Gasteiger partial charge in [0.2, 0.25) is 5.91 Å². The van der Waals surface area contributed by atoms with Crippen molar-refractivity contribution in [3.05, 3.63) is 57.6 Å². The van der Waals surface area contributed by atoms with Gasteiger partial charge in [0.25, 0.3) is 11.4 Å². The van der Waals surface area contributed by atoms with Crippen molar-refractivity contribution >= 4 is 46.3 Å². The van der Waals surface area contributed by atoms with Gasteiger partial charge in [-0.05, 0) is 31.0 Å². The number of anilines is 2. The van der Waals surface area contributed by atoms with E-state index in [2.05, 4.69) is 5.32 Å². The van der Waals surface area contributed by atoms with Crippen LogP contribution < -0.4 is 10.2 Å². The molecule has 0 saturated carbocycles. The number of nitrogens with zero attached hydrogens (tertiary/aromatic N) is 2. The molecular formula is C19H18ClF2N3O3S. The third kappa shape index (κ3) is 5.16. The minimum absolute atomic E-state index is 0.0306. The molecular weight excluding hydrogens is 424 g/mol. The second-order valence-corrected chi connectivity index (χ2v) is 7.90. The van der Waals surface area contributed by atoms with Gasteiger partial charge in [-0.3, -0.25) is 14.9 Å². The highest BCUT2D eigenvalue weighted by molar-refractivity contribution is 7.99. The smallest absolute Gasteiger partial charge is 0.292 e. The van der Waals surface area contributed by atoms with E-state index >= 15 is 0 Å². The monoisotopic (exact) mass is 441 g/mol. The van der Waals surface area contributed by atoms with Crippen LogP contribution in [0.1, 0.15) is 12.8 Å². The quantitative estimate of drug-likeness (QED) is 0.368. The molecule has 0 bridgehead atoms.